The summed E-state index contributed by atoms with van der Waals surface area (Å²) in [6, 6.07) is 1.93. The number of amides is 2. The molecule has 2 amide bonds. The SMILES string of the molecule is Cc1[nH]c(=O)c(C#N)c(C)c1CCC(=O)N1CCCC(C(=O)Nc2nccs2)C1. The van der Waals surface area contributed by atoms with Crippen molar-refractivity contribution < 1.29 is 9.59 Å². The molecule has 0 bridgehead atoms. The Kier molecular flexibility index (Phi) is 6.44. The number of likely N-dealkylation sites (tertiary alicyclic amines) is 1. The van der Waals surface area contributed by atoms with Gasteiger partial charge in [-0.25, -0.2) is 4.98 Å². The largest absolute Gasteiger partial charge is 0.342 e. The number of aryl methyl sites for hydroxylation is 1. The van der Waals surface area contributed by atoms with E-state index in [1.807, 2.05) is 6.07 Å². The zero-order valence-electron chi connectivity index (χ0n) is 16.4. The highest BCUT2D eigenvalue weighted by Crippen LogP contribution is 2.21. The summed E-state index contributed by atoms with van der Waals surface area (Å²) in [5, 5.41) is 14.4. The summed E-state index contributed by atoms with van der Waals surface area (Å²) >= 11 is 1.36. The summed E-state index contributed by atoms with van der Waals surface area (Å²) in [6.45, 7) is 4.53. The number of aromatic nitrogens is 2. The predicted molar refractivity (Wildman–Crippen MR) is 110 cm³/mol. The Labute approximate surface area is 172 Å². The average Bonchev–Trinajstić information content (AvgIpc) is 3.20. The first kappa shape index (κ1) is 20.7. The molecule has 0 aliphatic carbocycles. The molecule has 2 aromatic rings. The molecule has 0 spiro atoms. The molecule has 1 atom stereocenters. The van der Waals surface area contributed by atoms with E-state index in [2.05, 4.69) is 15.3 Å². The van der Waals surface area contributed by atoms with E-state index < -0.39 is 5.56 Å². The first-order chi connectivity index (χ1) is 13.9. The number of H-pyrrole nitrogens is 1. The topological polar surface area (TPSA) is 119 Å². The summed E-state index contributed by atoms with van der Waals surface area (Å²) in [7, 11) is 0. The number of pyridine rings is 1. The number of piperidine rings is 1. The van der Waals surface area contributed by atoms with Crippen LogP contribution in [-0.2, 0) is 16.0 Å². The number of carbonyl (C=O) groups is 2. The summed E-state index contributed by atoms with van der Waals surface area (Å²) in [4.78, 5) is 45.5. The van der Waals surface area contributed by atoms with Crippen molar-refractivity contribution in [1.82, 2.24) is 14.9 Å². The minimum atomic E-state index is -0.400. The smallest absolute Gasteiger partial charge is 0.266 e. The minimum Gasteiger partial charge on any atom is -0.342 e. The monoisotopic (exact) mass is 413 g/mol. The van der Waals surface area contributed by atoms with Crippen LogP contribution < -0.4 is 10.9 Å². The highest BCUT2D eigenvalue weighted by atomic mass is 32.1. The van der Waals surface area contributed by atoms with Crippen molar-refractivity contribution in [2.75, 3.05) is 18.4 Å². The molecule has 9 heteroatoms. The number of nitrogens with one attached hydrogen (secondary N) is 2. The lowest BCUT2D eigenvalue weighted by atomic mass is 9.95. The van der Waals surface area contributed by atoms with Crippen LogP contribution in [0.1, 0.15) is 41.6 Å². The van der Waals surface area contributed by atoms with Crippen molar-refractivity contribution in [2.24, 2.45) is 5.92 Å². The fraction of sp³-hybridized carbons (Fsp3) is 0.450. The number of hydrogen-bond acceptors (Lipinski definition) is 6. The number of carbonyl (C=O) groups excluding carboxylic acids is 2. The number of thiazole rings is 1. The van der Waals surface area contributed by atoms with Crippen molar-refractivity contribution in [3.8, 4) is 6.07 Å². The molecule has 0 radical (unpaired) electrons. The van der Waals surface area contributed by atoms with Gasteiger partial charge in [0, 0.05) is 36.8 Å². The van der Waals surface area contributed by atoms with Crippen LogP contribution in [0.25, 0.3) is 0 Å². The van der Waals surface area contributed by atoms with E-state index in [1.165, 1.54) is 11.3 Å². The maximum Gasteiger partial charge on any atom is 0.266 e. The average molecular weight is 414 g/mol. The van der Waals surface area contributed by atoms with E-state index >= 15 is 0 Å². The highest BCUT2D eigenvalue weighted by molar-refractivity contribution is 7.13. The van der Waals surface area contributed by atoms with Crippen LogP contribution in [0.3, 0.4) is 0 Å². The molecular formula is C20H23N5O3S. The van der Waals surface area contributed by atoms with Crippen LogP contribution in [-0.4, -0.2) is 39.8 Å². The van der Waals surface area contributed by atoms with Crippen LogP contribution in [0.5, 0.6) is 0 Å². The van der Waals surface area contributed by atoms with E-state index in [4.69, 9.17) is 0 Å². The number of hydrogen-bond donors (Lipinski definition) is 2. The predicted octanol–water partition coefficient (Wildman–Crippen LogP) is 2.13. The summed E-state index contributed by atoms with van der Waals surface area (Å²) in [5.41, 5.74) is 1.82. The van der Waals surface area contributed by atoms with Gasteiger partial charge in [-0.1, -0.05) is 0 Å². The van der Waals surface area contributed by atoms with Gasteiger partial charge in [0.25, 0.3) is 5.56 Å². The van der Waals surface area contributed by atoms with Gasteiger partial charge < -0.3 is 15.2 Å². The molecule has 0 aromatic carbocycles. The van der Waals surface area contributed by atoms with Crippen LogP contribution in [0.15, 0.2) is 16.4 Å². The van der Waals surface area contributed by atoms with Gasteiger partial charge in [-0.15, -0.1) is 11.3 Å². The van der Waals surface area contributed by atoms with Gasteiger partial charge in [-0.2, -0.15) is 5.26 Å². The van der Waals surface area contributed by atoms with Crippen molar-refractivity contribution in [3.05, 3.63) is 44.3 Å². The third-order valence-corrected chi connectivity index (χ3v) is 6.00. The Morgan fingerprint density at radius 1 is 1.45 bits per heavy atom. The Bertz CT molecular complexity index is 1010. The maximum absolute atomic E-state index is 12.7. The Hall–Kier alpha value is -2.99. The van der Waals surface area contributed by atoms with Gasteiger partial charge in [-0.05, 0) is 44.2 Å². The maximum atomic E-state index is 12.7. The molecular weight excluding hydrogens is 390 g/mol. The van der Waals surface area contributed by atoms with Gasteiger partial charge in [-0.3, -0.25) is 14.4 Å². The summed E-state index contributed by atoms with van der Waals surface area (Å²) in [5.74, 6) is -0.387. The fourth-order valence-corrected chi connectivity index (χ4v) is 4.25. The number of aromatic amines is 1. The number of nitrogens with zero attached hydrogens (tertiary/aromatic N) is 3. The number of nitriles is 1. The van der Waals surface area contributed by atoms with Crippen LogP contribution in [0.4, 0.5) is 5.13 Å². The fourth-order valence-electron chi connectivity index (χ4n) is 3.72. The van der Waals surface area contributed by atoms with Gasteiger partial charge >= 0.3 is 0 Å². The second-order valence-electron chi connectivity index (χ2n) is 7.17. The van der Waals surface area contributed by atoms with E-state index in [0.29, 0.717) is 35.9 Å². The highest BCUT2D eigenvalue weighted by Gasteiger charge is 2.28. The third-order valence-electron chi connectivity index (χ3n) is 5.32. The zero-order chi connectivity index (χ0) is 21.0. The molecule has 2 N–H and O–H groups in total. The van der Waals surface area contributed by atoms with Crippen molar-refractivity contribution in [2.45, 2.75) is 39.5 Å². The van der Waals surface area contributed by atoms with E-state index in [-0.39, 0.29) is 29.7 Å². The van der Waals surface area contributed by atoms with Gasteiger partial charge in [0.2, 0.25) is 11.8 Å². The van der Waals surface area contributed by atoms with Crippen molar-refractivity contribution in [1.29, 1.82) is 5.26 Å². The molecule has 1 fully saturated rings. The lowest BCUT2D eigenvalue weighted by Crippen LogP contribution is -2.43. The Morgan fingerprint density at radius 2 is 2.24 bits per heavy atom. The van der Waals surface area contributed by atoms with E-state index in [9.17, 15) is 19.6 Å². The molecule has 3 heterocycles. The third kappa shape index (κ3) is 4.71. The van der Waals surface area contributed by atoms with Crippen LogP contribution in [0, 0.1) is 31.1 Å². The second kappa shape index (κ2) is 9.01. The van der Waals surface area contributed by atoms with Crippen molar-refractivity contribution in [3.63, 3.8) is 0 Å². The number of anilines is 1. The first-order valence-electron chi connectivity index (χ1n) is 9.51. The standard InChI is InChI=1S/C20H23N5O3S/c1-12-15(13(2)23-19(28)16(12)10-21)5-6-17(26)25-8-3-4-14(11-25)18(27)24-20-22-7-9-29-20/h7,9,14H,3-6,8,11H2,1-2H3,(H,23,28)(H,22,24,27). The minimum absolute atomic E-state index is 0.0275. The molecule has 1 aliphatic heterocycles. The Morgan fingerprint density at radius 3 is 2.93 bits per heavy atom. The molecule has 2 aromatic heterocycles. The number of rotatable bonds is 5. The Balaban J connectivity index is 1.62. The quantitative estimate of drug-likeness (QED) is 0.778. The lowest BCUT2D eigenvalue weighted by molar-refractivity contribution is -0.134. The van der Waals surface area contributed by atoms with Gasteiger partial charge in [0.1, 0.15) is 11.6 Å². The van der Waals surface area contributed by atoms with Gasteiger partial charge in [0.05, 0.1) is 5.92 Å². The molecule has 1 unspecified atom stereocenters. The molecule has 29 heavy (non-hydrogen) atoms. The first-order valence-corrected chi connectivity index (χ1v) is 10.4. The van der Waals surface area contributed by atoms with Crippen molar-refractivity contribution >= 4 is 28.3 Å². The molecule has 3 rings (SSSR count). The van der Waals surface area contributed by atoms with Crippen LogP contribution >= 0.6 is 11.3 Å². The molecule has 1 saturated heterocycles. The molecule has 152 valence electrons. The summed E-state index contributed by atoms with van der Waals surface area (Å²) < 4.78 is 0. The van der Waals surface area contributed by atoms with Gasteiger partial charge in [0.15, 0.2) is 5.13 Å². The second-order valence-corrected chi connectivity index (χ2v) is 8.07. The lowest BCUT2D eigenvalue weighted by Gasteiger charge is -2.32. The van der Waals surface area contributed by atoms with E-state index in [0.717, 1.165) is 18.4 Å². The molecule has 8 nitrogen and oxygen atoms in total. The molecule has 1 aliphatic rings. The summed E-state index contributed by atoms with van der Waals surface area (Å²) in [6.07, 6.45) is 3.85. The van der Waals surface area contributed by atoms with Crippen LogP contribution in [0.2, 0.25) is 0 Å². The molecule has 0 saturated carbocycles. The van der Waals surface area contributed by atoms with E-state index in [1.54, 1.807) is 30.3 Å². The zero-order valence-corrected chi connectivity index (χ0v) is 17.3. The normalized spacial score (nSPS) is 16.3.